The minimum atomic E-state index is 0.149. The summed E-state index contributed by atoms with van der Waals surface area (Å²) in [6, 6.07) is 14.8. The summed E-state index contributed by atoms with van der Waals surface area (Å²) in [7, 11) is 2.25. The molecule has 0 saturated heterocycles. The van der Waals surface area contributed by atoms with E-state index in [-0.39, 0.29) is 5.41 Å². The van der Waals surface area contributed by atoms with Gasteiger partial charge in [-0.1, -0.05) is 52.8 Å². The first-order valence-corrected chi connectivity index (χ1v) is 11.3. The summed E-state index contributed by atoms with van der Waals surface area (Å²) in [6.07, 6.45) is 5.28. The number of hydrogen-bond donors (Lipinski definition) is 0. The molecule has 0 unspecified atom stereocenters. The van der Waals surface area contributed by atoms with Crippen LogP contribution >= 0.6 is 0 Å². The van der Waals surface area contributed by atoms with Crippen LogP contribution < -0.4 is 4.57 Å². The zero-order valence-electron chi connectivity index (χ0n) is 19.3. The average Bonchev–Trinajstić information content (AvgIpc) is 3.27. The molecule has 0 atom stereocenters. The second kappa shape index (κ2) is 7.31. The van der Waals surface area contributed by atoms with Gasteiger partial charge in [0.05, 0.1) is 12.6 Å². The summed E-state index contributed by atoms with van der Waals surface area (Å²) in [6.45, 7) is 13.8. The van der Waals surface area contributed by atoms with Gasteiger partial charge in [0.25, 0.3) is 5.82 Å². The van der Waals surface area contributed by atoms with Gasteiger partial charge in [-0.25, -0.2) is 9.13 Å². The maximum atomic E-state index is 2.68. The first-order valence-electron chi connectivity index (χ1n) is 11.3. The Morgan fingerprint density at radius 2 is 1.69 bits per heavy atom. The highest BCUT2D eigenvalue weighted by Gasteiger charge is 2.33. The topological polar surface area (TPSA) is 8.81 Å². The van der Waals surface area contributed by atoms with Crippen molar-refractivity contribution in [3.63, 3.8) is 0 Å². The smallest absolute Gasteiger partial charge is 0.226 e. The fourth-order valence-electron chi connectivity index (χ4n) is 4.94. The molecule has 0 aliphatic heterocycles. The van der Waals surface area contributed by atoms with Crippen molar-refractivity contribution in [3.8, 4) is 11.4 Å². The molecule has 1 aliphatic carbocycles. The first kappa shape index (κ1) is 20.2. The van der Waals surface area contributed by atoms with Crippen LogP contribution in [-0.4, -0.2) is 4.57 Å². The predicted octanol–water partition coefficient (Wildman–Crippen LogP) is 6.98. The molecule has 2 nitrogen and oxygen atoms in total. The molecular formula is C27H37N2+. The van der Waals surface area contributed by atoms with Gasteiger partial charge in [-0.2, -0.15) is 0 Å². The van der Waals surface area contributed by atoms with Gasteiger partial charge in [-0.05, 0) is 78.8 Å². The van der Waals surface area contributed by atoms with Gasteiger partial charge < -0.3 is 0 Å². The lowest BCUT2D eigenvalue weighted by molar-refractivity contribution is -0.634. The molecule has 1 aromatic heterocycles. The van der Waals surface area contributed by atoms with Crippen molar-refractivity contribution in [2.24, 2.45) is 7.05 Å². The summed E-state index contributed by atoms with van der Waals surface area (Å²) in [4.78, 5) is 0. The van der Waals surface area contributed by atoms with Crippen LogP contribution in [0.25, 0.3) is 22.4 Å². The highest BCUT2D eigenvalue weighted by atomic mass is 15.2. The molecule has 1 saturated carbocycles. The number of hydrogen-bond acceptors (Lipinski definition) is 0. The Hall–Kier alpha value is -2.09. The molecule has 0 radical (unpaired) electrons. The van der Waals surface area contributed by atoms with Crippen molar-refractivity contribution in [1.29, 1.82) is 0 Å². The van der Waals surface area contributed by atoms with Crippen molar-refractivity contribution in [1.82, 2.24) is 4.57 Å². The Morgan fingerprint density at radius 3 is 2.31 bits per heavy atom. The molecule has 0 N–H and O–H groups in total. The molecule has 154 valence electrons. The van der Waals surface area contributed by atoms with E-state index in [0.29, 0.717) is 12.0 Å². The highest BCUT2D eigenvalue weighted by Crippen LogP contribution is 2.38. The van der Waals surface area contributed by atoms with Crippen LogP contribution in [0.3, 0.4) is 0 Å². The van der Waals surface area contributed by atoms with Crippen molar-refractivity contribution in [2.75, 3.05) is 0 Å². The second-order valence-corrected chi connectivity index (χ2v) is 10.4. The maximum Gasteiger partial charge on any atom is 0.290 e. The summed E-state index contributed by atoms with van der Waals surface area (Å²) in [5.41, 5.74) is 8.48. The van der Waals surface area contributed by atoms with Gasteiger partial charge in [0.15, 0.2) is 11.0 Å². The van der Waals surface area contributed by atoms with Gasteiger partial charge in [0.2, 0.25) is 0 Å². The number of rotatable bonds is 3. The number of benzene rings is 2. The first-order chi connectivity index (χ1) is 13.7. The Morgan fingerprint density at radius 1 is 1.00 bits per heavy atom. The normalized spacial score (nSPS) is 15.7. The predicted molar refractivity (Wildman–Crippen MR) is 124 cm³/mol. The largest absolute Gasteiger partial charge is 0.290 e. The van der Waals surface area contributed by atoms with E-state index in [1.165, 1.54) is 64.8 Å². The molecule has 1 aliphatic rings. The van der Waals surface area contributed by atoms with E-state index in [2.05, 4.69) is 94.1 Å². The Balaban J connectivity index is 2.04. The summed E-state index contributed by atoms with van der Waals surface area (Å²) < 4.78 is 5.12. The molecule has 29 heavy (non-hydrogen) atoms. The number of imidazole rings is 1. The lowest BCUT2D eigenvalue weighted by Crippen LogP contribution is -2.31. The van der Waals surface area contributed by atoms with Crippen LogP contribution in [-0.2, 0) is 12.5 Å². The lowest BCUT2D eigenvalue weighted by atomic mass is 9.85. The summed E-state index contributed by atoms with van der Waals surface area (Å²) in [5.74, 6) is 1.92. The van der Waals surface area contributed by atoms with Crippen molar-refractivity contribution in [3.05, 3.63) is 53.1 Å². The average molecular weight is 390 g/mol. The molecule has 4 rings (SSSR count). The Kier molecular flexibility index (Phi) is 5.09. The third-order valence-corrected chi connectivity index (χ3v) is 6.87. The summed E-state index contributed by atoms with van der Waals surface area (Å²) in [5, 5.41) is 0. The Bertz CT molecular complexity index is 1040. The fraction of sp³-hybridized carbons (Fsp3) is 0.519. The lowest BCUT2D eigenvalue weighted by Gasteiger charge is -2.20. The zero-order chi connectivity index (χ0) is 20.9. The van der Waals surface area contributed by atoms with Crippen molar-refractivity contribution >= 4 is 11.0 Å². The fourth-order valence-corrected chi connectivity index (χ4v) is 4.94. The van der Waals surface area contributed by atoms with E-state index in [0.717, 1.165) is 0 Å². The minimum absolute atomic E-state index is 0.149. The van der Waals surface area contributed by atoms with E-state index in [1.807, 2.05) is 0 Å². The van der Waals surface area contributed by atoms with Crippen LogP contribution in [0.15, 0.2) is 36.4 Å². The van der Waals surface area contributed by atoms with Gasteiger partial charge in [-0.3, -0.25) is 0 Å². The van der Waals surface area contributed by atoms with Gasteiger partial charge in [0, 0.05) is 0 Å². The number of nitrogens with zero attached hydrogens (tertiary/aromatic N) is 2. The van der Waals surface area contributed by atoms with Crippen molar-refractivity contribution in [2.45, 2.75) is 84.6 Å². The molecule has 3 aromatic rings. The molecule has 0 amide bonds. The molecular weight excluding hydrogens is 352 g/mol. The van der Waals surface area contributed by atoms with E-state index < -0.39 is 0 Å². The SMILES string of the molecule is Cc1ccc(C(C)(C)C)cc1-c1n(C2CCCC2)c2cc(C(C)C)ccc2[n+]1C. The van der Waals surface area contributed by atoms with Crippen LogP contribution in [0.5, 0.6) is 0 Å². The van der Waals surface area contributed by atoms with Crippen LogP contribution in [0.4, 0.5) is 0 Å². The van der Waals surface area contributed by atoms with E-state index in [1.54, 1.807) is 0 Å². The zero-order valence-corrected chi connectivity index (χ0v) is 19.3. The molecule has 2 aromatic carbocycles. The second-order valence-electron chi connectivity index (χ2n) is 10.4. The molecule has 0 spiro atoms. The van der Waals surface area contributed by atoms with Crippen molar-refractivity contribution < 1.29 is 4.57 Å². The molecule has 1 fully saturated rings. The highest BCUT2D eigenvalue weighted by molar-refractivity contribution is 5.78. The van der Waals surface area contributed by atoms with Gasteiger partial charge in [0.1, 0.15) is 6.04 Å². The number of aryl methyl sites for hydroxylation is 2. The van der Waals surface area contributed by atoms with E-state index >= 15 is 0 Å². The van der Waals surface area contributed by atoms with Gasteiger partial charge in [-0.15, -0.1) is 0 Å². The van der Waals surface area contributed by atoms with Crippen LogP contribution in [0, 0.1) is 6.92 Å². The molecule has 2 heteroatoms. The summed E-state index contributed by atoms with van der Waals surface area (Å²) >= 11 is 0. The van der Waals surface area contributed by atoms with Gasteiger partial charge >= 0.3 is 0 Å². The minimum Gasteiger partial charge on any atom is -0.226 e. The maximum absolute atomic E-state index is 2.68. The Labute approximate surface area is 176 Å². The van der Waals surface area contributed by atoms with E-state index in [9.17, 15) is 0 Å². The monoisotopic (exact) mass is 389 g/mol. The third-order valence-electron chi connectivity index (χ3n) is 6.87. The number of aromatic nitrogens is 2. The standard InChI is InChI=1S/C27H37N2/c1-18(2)20-13-15-24-25(16-20)29(22-10-8-9-11-22)26(28(24)7)23-17-21(27(4,5)6)14-12-19(23)3/h12-18,22H,8-11H2,1-7H3/q+1. The molecule has 1 heterocycles. The third kappa shape index (κ3) is 3.52. The van der Waals surface area contributed by atoms with E-state index in [4.69, 9.17) is 0 Å². The molecule has 0 bridgehead atoms. The van der Waals surface area contributed by atoms with Crippen LogP contribution in [0.2, 0.25) is 0 Å². The number of fused-ring (bicyclic) bond motifs is 1. The quantitative estimate of drug-likeness (QED) is 0.427. The van der Waals surface area contributed by atoms with Crippen LogP contribution in [0.1, 0.15) is 89.0 Å².